The Hall–Kier alpha value is -4.17. The lowest BCUT2D eigenvalue weighted by Crippen LogP contribution is -2.45. The summed E-state index contributed by atoms with van der Waals surface area (Å²) in [6, 6.07) is 19.9. The number of carbonyl (C=O) groups is 3. The molecule has 262 valence electrons. The largest absolute Gasteiger partial charge is 0.493 e. The van der Waals surface area contributed by atoms with Crippen LogP contribution in [0, 0.1) is 24.7 Å². The van der Waals surface area contributed by atoms with Crippen LogP contribution < -0.4 is 14.8 Å². The maximum absolute atomic E-state index is 14.3. The number of hydrogen-bond acceptors (Lipinski definition) is 6. The van der Waals surface area contributed by atoms with Crippen LogP contribution in [-0.2, 0) is 20.8 Å². The highest BCUT2D eigenvalue weighted by atomic mass is 79.9. The molecule has 0 aromatic heterocycles. The van der Waals surface area contributed by atoms with Gasteiger partial charge in [-0.1, -0.05) is 70.2 Å². The average molecular weight is 740 g/mol. The van der Waals surface area contributed by atoms with Crippen LogP contribution in [-0.4, -0.2) is 42.6 Å². The van der Waals surface area contributed by atoms with Crippen molar-refractivity contribution in [3.63, 3.8) is 0 Å². The van der Waals surface area contributed by atoms with Crippen LogP contribution in [0.2, 0.25) is 0 Å². The molecule has 1 amide bonds. The van der Waals surface area contributed by atoms with E-state index in [0.717, 1.165) is 53.0 Å². The Morgan fingerprint density at radius 2 is 1.50 bits per heavy atom. The van der Waals surface area contributed by atoms with E-state index >= 15 is 0 Å². The van der Waals surface area contributed by atoms with Gasteiger partial charge in [-0.3, -0.25) is 14.4 Å². The van der Waals surface area contributed by atoms with Crippen LogP contribution >= 0.6 is 15.9 Å². The predicted octanol–water partition coefficient (Wildman–Crippen LogP) is 9.02. The smallest absolute Gasteiger partial charge is 0.262 e. The molecule has 1 aliphatic heterocycles. The zero-order chi connectivity index (χ0) is 36.0. The number of ether oxygens (including phenoxy) is 2. The molecule has 0 radical (unpaired) electrons. The first-order chi connectivity index (χ1) is 23.7. The Kier molecular flexibility index (Phi) is 9.88. The van der Waals surface area contributed by atoms with Gasteiger partial charge in [0.25, 0.3) is 5.91 Å². The van der Waals surface area contributed by atoms with Crippen molar-refractivity contribution >= 4 is 39.1 Å². The number of amides is 1. The third-order valence-corrected chi connectivity index (χ3v) is 10.9. The number of anilines is 1. The van der Waals surface area contributed by atoms with Gasteiger partial charge < -0.3 is 19.7 Å². The zero-order valence-electron chi connectivity index (χ0n) is 30.2. The van der Waals surface area contributed by atoms with Crippen LogP contribution in [0.3, 0.4) is 0 Å². The molecule has 7 nitrogen and oxygen atoms in total. The molecule has 1 heterocycles. The minimum Gasteiger partial charge on any atom is -0.493 e. The van der Waals surface area contributed by atoms with Gasteiger partial charge in [0.1, 0.15) is 0 Å². The summed E-state index contributed by atoms with van der Waals surface area (Å²) in [5, 5.41) is 2.94. The van der Waals surface area contributed by atoms with Gasteiger partial charge in [-0.05, 0) is 100 Å². The number of ketones is 2. The van der Waals surface area contributed by atoms with Crippen molar-refractivity contribution in [1.29, 1.82) is 0 Å². The second-order valence-corrected chi connectivity index (χ2v) is 16.4. The van der Waals surface area contributed by atoms with E-state index in [0.29, 0.717) is 46.5 Å². The average Bonchev–Trinajstić information content (AvgIpc) is 3.04. The Labute approximate surface area is 304 Å². The minimum absolute atomic E-state index is 0.0775. The minimum atomic E-state index is -0.535. The number of nitrogens with one attached hydrogen (secondary N) is 1. The van der Waals surface area contributed by atoms with E-state index in [1.54, 1.807) is 7.11 Å². The molecule has 6 rings (SSSR count). The van der Waals surface area contributed by atoms with Gasteiger partial charge in [0.2, 0.25) is 0 Å². The van der Waals surface area contributed by atoms with Crippen molar-refractivity contribution < 1.29 is 23.9 Å². The van der Waals surface area contributed by atoms with E-state index in [1.165, 1.54) is 5.56 Å². The molecule has 0 fully saturated rings. The fourth-order valence-corrected chi connectivity index (χ4v) is 8.37. The Balaban J connectivity index is 1.40. The number of rotatable bonds is 9. The number of halogens is 1. The molecule has 0 bridgehead atoms. The summed E-state index contributed by atoms with van der Waals surface area (Å²) < 4.78 is 12.5. The molecule has 3 aromatic carbocycles. The number of Topliss-reactive ketones (excluding diaryl/α,β-unsaturated/α-hetero) is 2. The van der Waals surface area contributed by atoms with Gasteiger partial charge in [-0.2, -0.15) is 0 Å². The van der Waals surface area contributed by atoms with E-state index in [-0.39, 0.29) is 34.9 Å². The second-order valence-electron chi connectivity index (χ2n) is 15.5. The molecular weight excluding hydrogens is 692 g/mol. The molecule has 3 aliphatic rings. The van der Waals surface area contributed by atoms with Gasteiger partial charge in [0, 0.05) is 53.5 Å². The summed E-state index contributed by atoms with van der Waals surface area (Å²) in [7, 11) is 1.55. The first-order valence-corrected chi connectivity index (χ1v) is 18.2. The van der Waals surface area contributed by atoms with Crippen LogP contribution in [0.15, 0.2) is 87.7 Å². The SMILES string of the molecule is COc1cc(C2C3=C(CC(C)(C)CC3=O)N(CCc3ccccc3)C3=C2C(=O)CC(C)(C)C3)cc(Br)c1OCC(=O)Nc1cccc(C)c1C. The van der Waals surface area contributed by atoms with Gasteiger partial charge in [-0.15, -0.1) is 0 Å². The van der Waals surface area contributed by atoms with Crippen molar-refractivity contribution in [1.82, 2.24) is 4.90 Å². The molecule has 0 unspecified atom stereocenters. The van der Waals surface area contributed by atoms with E-state index in [2.05, 4.69) is 66.0 Å². The molecular formula is C42H47BrN2O5. The highest BCUT2D eigenvalue weighted by molar-refractivity contribution is 9.10. The van der Waals surface area contributed by atoms with Crippen molar-refractivity contribution in [2.45, 2.75) is 79.6 Å². The van der Waals surface area contributed by atoms with E-state index in [1.807, 2.05) is 62.4 Å². The van der Waals surface area contributed by atoms with Crippen molar-refractivity contribution in [2.24, 2.45) is 10.8 Å². The predicted molar refractivity (Wildman–Crippen MR) is 200 cm³/mol. The number of benzene rings is 3. The highest BCUT2D eigenvalue weighted by Gasteiger charge is 2.49. The summed E-state index contributed by atoms with van der Waals surface area (Å²) in [6.45, 7) is 13.0. The number of carbonyl (C=O) groups excluding carboxylic acids is 3. The highest BCUT2D eigenvalue weighted by Crippen LogP contribution is 2.55. The van der Waals surface area contributed by atoms with Crippen LogP contribution in [0.1, 0.15) is 81.5 Å². The molecule has 0 saturated heterocycles. The monoisotopic (exact) mass is 738 g/mol. The summed E-state index contributed by atoms with van der Waals surface area (Å²) in [4.78, 5) is 43.9. The second kappa shape index (κ2) is 13.9. The molecule has 0 spiro atoms. The third kappa shape index (κ3) is 7.18. The molecule has 0 saturated carbocycles. The number of methoxy groups -OCH3 is 1. The molecule has 8 heteroatoms. The topological polar surface area (TPSA) is 84.9 Å². The van der Waals surface area contributed by atoms with Crippen LogP contribution in [0.4, 0.5) is 5.69 Å². The fourth-order valence-electron chi connectivity index (χ4n) is 7.79. The molecule has 1 N–H and O–H groups in total. The Morgan fingerprint density at radius 3 is 2.10 bits per heavy atom. The summed E-state index contributed by atoms with van der Waals surface area (Å²) in [5.74, 6) is 0.115. The Bertz CT molecular complexity index is 1870. The quantitative estimate of drug-likeness (QED) is 0.236. The first kappa shape index (κ1) is 35.6. The summed E-state index contributed by atoms with van der Waals surface area (Å²) in [5.41, 5.74) is 7.85. The lowest BCUT2D eigenvalue weighted by atomic mass is 9.63. The van der Waals surface area contributed by atoms with Crippen molar-refractivity contribution in [3.05, 3.63) is 110 Å². The van der Waals surface area contributed by atoms with E-state index in [4.69, 9.17) is 9.47 Å². The van der Waals surface area contributed by atoms with Crippen LogP contribution in [0.25, 0.3) is 0 Å². The van der Waals surface area contributed by atoms with Gasteiger partial charge in [0.15, 0.2) is 29.7 Å². The normalized spacial score (nSPS) is 18.5. The fraction of sp³-hybridized carbons (Fsp3) is 0.405. The Morgan fingerprint density at radius 1 is 0.880 bits per heavy atom. The lowest BCUT2D eigenvalue weighted by molar-refractivity contribution is -0.120. The zero-order valence-corrected chi connectivity index (χ0v) is 31.8. The van der Waals surface area contributed by atoms with Crippen molar-refractivity contribution in [3.8, 4) is 11.5 Å². The third-order valence-electron chi connectivity index (χ3n) is 10.3. The molecule has 0 atom stereocenters. The first-order valence-electron chi connectivity index (χ1n) is 17.4. The molecule has 3 aromatic rings. The molecule has 2 aliphatic carbocycles. The number of nitrogens with zero attached hydrogens (tertiary/aromatic N) is 1. The maximum Gasteiger partial charge on any atom is 0.262 e. The van der Waals surface area contributed by atoms with Gasteiger partial charge >= 0.3 is 0 Å². The van der Waals surface area contributed by atoms with Crippen LogP contribution in [0.5, 0.6) is 11.5 Å². The summed E-state index contributed by atoms with van der Waals surface area (Å²) in [6.07, 6.45) is 3.09. The number of aryl methyl sites for hydroxylation is 1. The molecule has 50 heavy (non-hydrogen) atoms. The van der Waals surface area contributed by atoms with Gasteiger partial charge in [0.05, 0.1) is 11.6 Å². The van der Waals surface area contributed by atoms with E-state index < -0.39 is 5.92 Å². The lowest BCUT2D eigenvalue weighted by Gasteiger charge is -2.49. The van der Waals surface area contributed by atoms with Gasteiger partial charge in [-0.25, -0.2) is 0 Å². The van der Waals surface area contributed by atoms with E-state index in [9.17, 15) is 14.4 Å². The number of allylic oxidation sites excluding steroid dienone is 4. The van der Waals surface area contributed by atoms with Crippen molar-refractivity contribution in [2.75, 3.05) is 25.6 Å². The summed E-state index contributed by atoms with van der Waals surface area (Å²) >= 11 is 3.70. The standard InChI is InChI=1S/C42H47BrN2O5/c1-25-12-11-15-30(26(25)2)44-36(48)24-50-40-29(43)18-28(19-35(40)49-7)37-38-31(20-41(3,4)22-33(38)46)45(17-16-27-13-9-8-10-14-27)32-21-42(5,6)23-34(47)39(32)37/h8-15,18-19,37H,16-17,20-24H2,1-7H3,(H,44,48). The maximum atomic E-state index is 14.3. The number of hydrogen-bond donors (Lipinski definition) is 1.